The SMILES string of the molecule is OCCCn1ccc2ccc(Cl)cc21. The number of aliphatic hydroxyl groups is 1. The molecule has 1 aromatic carbocycles. The minimum atomic E-state index is 0.222. The maximum absolute atomic E-state index is 8.75. The minimum absolute atomic E-state index is 0.222. The van der Waals surface area contributed by atoms with E-state index in [2.05, 4.69) is 10.6 Å². The van der Waals surface area contributed by atoms with Gasteiger partial charge in [0.25, 0.3) is 0 Å². The first-order valence-corrected chi connectivity index (χ1v) is 5.04. The fourth-order valence-electron chi connectivity index (χ4n) is 1.59. The van der Waals surface area contributed by atoms with Crippen molar-refractivity contribution in [3.05, 3.63) is 35.5 Å². The van der Waals surface area contributed by atoms with Crippen LogP contribution in [0.2, 0.25) is 5.02 Å². The number of halogens is 1. The molecule has 2 rings (SSSR count). The van der Waals surface area contributed by atoms with E-state index >= 15 is 0 Å². The Hall–Kier alpha value is -0.990. The smallest absolute Gasteiger partial charge is 0.0495 e. The average Bonchev–Trinajstić information content (AvgIpc) is 2.57. The van der Waals surface area contributed by atoms with Crippen LogP contribution in [-0.2, 0) is 6.54 Å². The van der Waals surface area contributed by atoms with Crippen molar-refractivity contribution in [1.29, 1.82) is 0 Å². The summed E-state index contributed by atoms with van der Waals surface area (Å²) in [5.74, 6) is 0. The summed E-state index contributed by atoms with van der Waals surface area (Å²) < 4.78 is 2.11. The second-order valence-corrected chi connectivity index (χ2v) is 3.73. The maximum atomic E-state index is 8.75. The standard InChI is InChI=1S/C11H12ClNO/c12-10-3-2-9-4-6-13(5-1-7-14)11(9)8-10/h2-4,6,8,14H,1,5,7H2. The molecule has 0 bridgehead atoms. The lowest BCUT2D eigenvalue weighted by Gasteiger charge is -2.03. The van der Waals surface area contributed by atoms with Gasteiger partial charge in [-0.1, -0.05) is 17.7 Å². The second kappa shape index (κ2) is 4.03. The molecule has 0 amide bonds. The van der Waals surface area contributed by atoms with Crippen molar-refractivity contribution in [3.8, 4) is 0 Å². The van der Waals surface area contributed by atoms with Gasteiger partial charge in [-0.2, -0.15) is 0 Å². The molecule has 1 N–H and O–H groups in total. The van der Waals surface area contributed by atoms with E-state index in [1.54, 1.807) is 0 Å². The minimum Gasteiger partial charge on any atom is -0.396 e. The van der Waals surface area contributed by atoms with Crippen molar-refractivity contribution in [2.75, 3.05) is 6.61 Å². The highest BCUT2D eigenvalue weighted by Crippen LogP contribution is 2.20. The van der Waals surface area contributed by atoms with E-state index in [1.165, 1.54) is 5.39 Å². The Morgan fingerprint density at radius 3 is 2.93 bits per heavy atom. The van der Waals surface area contributed by atoms with E-state index in [9.17, 15) is 0 Å². The van der Waals surface area contributed by atoms with Crippen LogP contribution in [0.3, 0.4) is 0 Å². The maximum Gasteiger partial charge on any atom is 0.0495 e. The number of aromatic nitrogens is 1. The molecule has 0 saturated carbocycles. The summed E-state index contributed by atoms with van der Waals surface area (Å²) in [6, 6.07) is 7.91. The molecule has 0 aliphatic heterocycles. The molecule has 0 radical (unpaired) electrons. The fraction of sp³-hybridized carbons (Fsp3) is 0.273. The molecule has 0 spiro atoms. The Kier molecular flexibility index (Phi) is 2.75. The average molecular weight is 210 g/mol. The zero-order chi connectivity index (χ0) is 9.97. The van der Waals surface area contributed by atoms with Gasteiger partial charge >= 0.3 is 0 Å². The lowest BCUT2D eigenvalue weighted by molar-refractivity contribution is 0.280. The van der Waals surface area contributed by atoms with Gasteiger partial charge in [-0.15, -0.1) is 0 Å². The van der Waals surface area contributed by atoms with Crippen LogP contribution in [-0.4, -0.2) is 16.3 Å². The van der Waals surface area contributed by atoms with Gasteiger partial charge in [0.15, 0.2) is 0 Å². The molecule has 2 nitrogen and oxygen atoms in total. The van der Waals surface area contributed by atoms with Crippen LogP contribution < -0.4 is 0 Å². The molecule has 2 aromatic rings. The third-order valence-corrected chi connectivity index (χ3v) is 2.53. The lowest BCUT2D eigenvalue weighted by Crippen LogP contribution is -1.97. The Morgan fingerprint density at radius 2 is 2.14 bits per heavy atom. The fourth-order valence-corrected chi connectivity index (χ4v) is 1.76. The third kappa shape index (κ3) is 1.76. The molecule has 0 aliphatic carbocycles. The van der Waals surface area contributed by atoms with Crippen molar-refractivity contribution in [2.24, 2.45) is 0 Å². The summed E-state index contributed by atoms with van der Waals surface area (Å²) >= 11 is 5.92. The number of nitrogens with zero attached hydrogens (tertiary/aromatic N) is 1. The van der Waals surface area contributed by atoms with Crippen molar-refractivity contribution >= 4 is 22.5 Å². The molecule has 74 valence electrons. The molecular formula is C11H12ClNO. The van der Waals surface area contributed by atoms with E-state index in [0.29, 0.717) is 0 Å². The molecule has 14 heavy (non-hydrogen) atoms. The van der Waals surface area contributed by atoms with Crippen molar-refractivity contribution < 1.29 is 5.11 Å². The number of rotatable bonds is 3. The highest BCUT2D eigenvalue weighted by atomic mass is 35.5. The molecule has 0 fully saturated rings. The predicted molar refractivity (Wildman–Crippen MR) is 58.7 cm³/mol. The molecule has 0 saturated heterocycles. The van der Waals surface area contributed by atoms with Crippen LogP contribution in [0.15, 0.2) is 30.5 Å². The summed E-state index contributed by atoms with van der Waals surface area (Å²) in [5.41, 5.74) is 1.13. The zero-order valence-electron chi connectivity index (χ0n) is 7.78. The largest absolute Gasteiger partial charge is 0.396 e. The summed E-state index contributed by atoms with van der Waals surface area (Å²) in [6.45, 7) is 1.06. The van der Waals surface area contributed by atoms with Gasteiger partial charge in [0.1, 0.15) is 0 Å². The van der Waals surface area contributed by atoms with Gasteiger partial charge in [0.05, 0.1) is 0 Å². The van der Waals surface area contributed by atoms with Crippen LogP contribution in [0.4, 0.5) is 0 Å². The van der Waals surface area contributed by atoms with Crippen LogP contribution in [0.5, 0.6) is 0 Å². The summed E-state index contributed by atoms with van der Waals surface area (Å²) in [5, 5.41) is 10.7. The number of fused-ring (bicyclic) bond motifs is 1. The van der Waals surface area contributed by atoms with E-state index in [-0.39, 0.29) is 6.61 Å². The van der Waals surface area contributed by atoms with Gasteiger partial charge < -0.3 is 9.67 Å². The zero-order valence-corrected chi connectivity index (χ0v) is 8.54. The first kappa shape index (κ1) is 9.56. The molecule has 0 aliphatic rings. The summed E-state index contributed by atoms with van der Waals surface area (Å²) in [4.78, 5) is 0. The van der Waals surface area contributed by atoms with Crippen LogP contribution in [0, 0.1) is 0 Å². The number of benzene rings is 1. The van der Waals surface area contributed by atoms with E-state index in [0.717, 1.165) is 23.5 Å². The number of hydrogen-bond donors (Lipinski definition) is 1. The first-order valence-electron chi connectivity index (χ1n) is 4.66. The normalized spacial score (nSPS) is 11.0. The molecule has 0 unspecified atom stereocenters. The van der Waals surface area contributed by atoms with Crippen LogP contribution in [0.25, 0.3) is 10.9 Å². The Balaban J connectivity index is 2.40. The second-order valence-electron chi connectivity index (χ2n) is 3.29. The molecular weight excluding hydrogens is 198 g/mol. The molecule has 1 aromatic heterocycles. The van der Waals surface area contributed by atoms with E-state index in [1.807, 2.05) is 24.4 Å². The van der Waals surface area contributed by atoms with Gasteiger partial charge in [0.2, 0.25) is 0 Å². The molecule has 1 heterocycles. The van der Waals surface area contributed by atoms with Crippen LogP contribution >= 0.6 is 11.6 Å². The highest BCUT2D eigenvalue weighted by Gasteiger charge is 2.00. The van der Waals surface area contributed by atoms with E-state index < -0.39 is 0 Å². The predicted octanol–water partition coefficient (Wildman–Crippen LogP) is 2.68. The van der Waals surface area contributed by atoms with Gasteiger partial charge in [-0.05, 0) is 30.0 Å². The van der Waals surface area contributed by atoms with Gasteiger partial charge in [-0.3, -0.25) is 0 Å². The topological polar surface area (TPSA) is 25.2 Å². The summed E-state index contributed by atoms with van der Waals surface area (Å²) in [6.07, 6.45) is 2.80. The number of hydrogen-bond acceptors (Lipinski definition) is 1. The Bertz CT molecular complexity index is 436. The molecule has 3 heteroatoms. The lowest BCUT2D eigenvalue weighted by atomic mass is 10.2. The highest BCUT2D eigenvalue weighted by molar-refractivity contribution is 6.31. The Morgan fingerprint density at radius 1 is 1.29 bits per heavy atom. The number of aryl methyl sites for hydroxylation is 1. The van der Waals surface area contributed by atoms with Gasteiger partial charge in [0, 0.05) is 29.9 Å². The van der Waals surface area contributed by atoms with Crippen molar-refractivity contribution in [2.45, 2.75) is 13.0 Å². The summed E-state index contributed by atoms with van der Waals surface area (Å²) in [7, 11) is 0. The van der Waals surface area contributed by atoms with Crippen molar-refractivity contribution in [3.63, 3.8) is 0 Å². The monoisotopic (exact) mass is 209 g/mol. The quantitative estimate of drug-likeness (QED) is 0.826. The Labute approximate surface area is 87.7 Å². The first-order chi connectivity index (χ1) is 6.81. The molecule has 0 atom stereocenters. The van der Waals surface area contributed by atoms with Gasteiger partial charge in [-0.25, -0.2) is 0 Å². The third-order valence-electron chi connectivity index (χ3n) is 2.29. The van der Waals surface area contributed by atoms with Crippen molar-refractivity contribution in [1.82, 2.24) is 4.57 Å². The number of aliphatic hydroxyl groups excluding tert-OH is 1. The van der Waals surface area contributed by atoms with Crippen LogP contribution in [0.1, 0.15) is 6.42 Å². The van der Waals surface area contributed by atoms with E-state index in [4.69, 9.17) is 16.7 Å².